The number of alkyl halides is 2. The smallest absolute Gasteiger partial charge is 0.405 e. The second kappa shape index (κ2) is 9.35. The number of aromatic nitrogens is 1. The number of nitrogens with one attached hydrogen (secondary N) is 1. The quantitative estimate of drug-likeness (QED) is 0.601. The molecule has 1 saturated carbocycles. The molecule has 0 radical (unpaired) electrons. The summed E-state index contributed by atoms with van der Waals surface area (Å²) >= 11 is 0. The highest BCUT2D eigenvalue weighted by Crippen LogP contribution is 2.39. The summed E-state index contributed by atoms with van der Waals surface area (Å²) in [5.41, 5.74) is 5.20. The van der Waals surface area contributed by atoms with Gasteiger partial charge >= 0.3 is 6.09 Å². The normalized spacial score (nSPS) is 22.1. The van der Waals surface area contributed by atoms with Gasteiger partial charge in [-0.25, -0.2) is 22.4 Å². The van der Waals surface area contributed by atoms with E-state index in [1.807, 2.05) is 0 Å². The molecule has 1 atom stereocenters. The molecule has 0 bridgehead atoms. The van der Waals surface area contributed by atoms with Crippen molar-refractivity contribution in [3.8, 4) is 11.1 Å². The van der Waals surface area contributed by atoms with Crippen LogP contribution in [0, 0.1) is 11.6 Å². The second-order valence-corrected chi connectivity index (χ2v) is 9.39. The largest absolute Gasteiger partial charge is 0.441 e. The molecule has 188 valence electrons. The minimum atomic E-state index is -2.74. The van der Waals surface area contributed by atoms with E-state index in [0.717, 1.165) is 18.2 Å². The standard InChI is InChI=1S/C24H26F4N4O3/c1-23(35-22(29)34)6-7-32(13-23)20-18(14-8-15(25)10-16(26)9-14)11-30-12-19(20)21(33)31-17-2-4-24(27,28)5-3-17/h8-12,17H,2-7,13H2,1H3,(H2,29,34)(H,31,33)/t23-/m0/s1. The molecule has 0 spiro atoms. The topological polar surface area (TPSA) is 97.5 Å². The highest BCUT2D eigenvalue weighted by molar-refractivity contribution is 6.03. The number of rotatable bonds is 5. The van der Waals surface area contributed by atoms with E-state index in [-0.39, 0.29) is 43.4 Å². The van der Waals surface area contributed by atoms with Gasteiger partial charge in [-0.3, -0.25) is 9.78 Å². The molecule has 1 saturated heterocycles. The van der Waals surface area contributed by atoms with Crippen molar-refractivity contribution >= 4 is 17.7 Å². The Bertz CT molecular complexity index is 1120. The average Bonchev–Trinajstić information content (AvgIpc) is 3.14. The van der Waals surface area contributed by atoms with Crippen LogP contribution in [-0.2, 0) is 4.74 Å². The van der Waals surface area contributed by atoms with Crippen molar-refractivity contribution in [3.05, 3.63) is 47.8 Å². The lowest BCUT2D eigenvalue weighted by Crippen LogP contribution is -2.41. The zero-order chi connectivity index (χ0) is 25.4. The summed E-state index contributed by atoms with van der Waals surface area (Å²) in [7, 11) is 0. The summed E-state index contributed by atoms with van der Waals surface area (Å²) in [4.78, 5) is 30.6. The first-order chi connectivity index (χ1) is 16.4. The van der Waals surface area contributed by atoms with Crippen LogP contribution in [0.3, 0.4) is 0 Å². The molecule has 2 aromatic rings. The number of carbonyl (C=O) groups excluding carboxylic acids is 2. The Labute approximate surface area is 199 Å². The third-order valence-electron chi connectivity index (χ3n) is 6.49. The van der Waals surface area contributed by atoms with Gasteiger partial charge in [0, 0.05) is 55.9 Å². The summed E-state index contributed by atoms with van der Waals surface area (Å²) in [6.45, 7) is 2.22. The SMILES string of the molecule is C[C@]1(OC(N)=O)CCN(c2c(C(=O)NC3CCC(F)(F)CC3)cncc2-c2cc(F)cc(F)c2)C1. The van der Waals surface area contributed by atoms with Gasteiger partial charge in [0.25, 0.3) is 5.91 Å². The van der Waals surface area contributed by atoms with E-state index in [4.69, 9.17) is 10.5 Å². The van der Waals surface area contributed by atoms with E-state index in [9.17, 15) is 27.2 Å². The number of hydrogen-bond acceptors (Lipinski definition) is 5. The molecule has 35 heavy (non-hydrogen) atoms. The van der Waals surface area contributed by atoms with Gasteiger partial charge in [-0.1, -0.05) is 0 Å². The number of hydrogen-bond donors (Lipinski definition) is 2. The summed E-state index contributed by atoms with van der Waals surface area (Å²) in [5.74, 6) is -4.87. The number of ether oxygens (including phenoxy) is 1. The highest BCUT2D eigenvalue weighted by atomic mass is 19.3. The van der Waals surface area contributed by atoms with Gasteiger partial charge in [0.15, 0.2) is 0 Å². The van der Waals surface area contributed by atoms with E-state index in [1.54, 1.807) is 11.8 Å². The predicted octanol–water partition coefficient (Wildman–Crippen LogP) is 4.40. The Morgan fingerprint density at radius 2 is 1.77 bits per heavy atom. The number of carbonyl (C=O) groups is 2. The molecule has 7 nitrogen and oxygen atoms in total. The van der Waals surface area contributed by atoms with Gasteiger partial charge in [-0.15, -0.1) is 0 Å². The molecule has 1 aromatic carbocycles. The highest BCUT2D eigenvalue weighted by Gasteiger charge is 2.40. The summed E-state index contributed by atoms with van der Waals surface area (Å²) in [6.07, 6.45) is 1.80. The second-order valence-electron chi connectivity index (χ2n) is 9.39. The lowest BCUT2D eigenvalue weighted by atomic mass is 9.92. The van der Waals surface area contributed by atoms with Crippen molar-refractivity contribution in [3.63, 3.8) is 0 Å². The first kappa shape index (κ1) is 24.7. The molecule has 2 amide bonds. The van der Waals surface area contributed by atoms with E-state index in [1.165, 1.54) is 12.4 Å². The summed E-state index contributed by atoms with van der Waals surface area (Å²) in [5, 5.41) is 2.80. The molecule has 2 aliphatic rings. The summed E-state index contributed by atoms with van der Waals surface area (Å²) in [6, 6.07) is 2.56. The van der Waals surface area contributed by atoms with Crippen LogP contribution < -0.4 is 16.0 Å². The first-order valence-corrected chi connectivity index (χ1v) is 11.3. The monoisotopic (exact) mass is 494 g/mol. The molecule has 3 N–H and O–H groups in total. The van der Waals surface area contributed by atoms with Crippen LogP contribution in [-0.4, -0.2) is 47.6 Å². The molecule has 11 heteroatoms. The average molecular weight is 494 g/mol. The molecule has 4 rings (SSSR count). The molecule has 0 unspecified atom stereocenters. The maximum Gasteiger partial charge on any atom is 0.405 e. The fraction of sp³-hybridized carbons (Fsp3) is 0.458. The minimum absolute atomic E-state index is 0.118. The van der Waals surface area contributed by atoms with Crippen molar-refractivity contribution in [1.29, 1.82) is 0 Å². The number of benzene rings is 1. The van der Waals surface area contributed by atoms with Gasteiger partial charge in [-0.05, 0) is 37.5 Å². The maximum absolute atomic E-state index is 14.0. The zero-order valence-electron chi connectivity index (χ0n) is 19.1. The Morgan fingerprint density at radius 3 is 2.40 bits per heavy atom. The van der Waals surface area contributed by atoms with E-state index in [0.29, 0.717) is 24.2 Å². The molecule has 1 aromatic heterocycles. The lowest BCUT2D eigenvalue weighted by Gasteiger charge is -2.30. The van der Waals surface area contributed by atoms with Crippen LogP contribution in [0.2, 0.25) is 0 Å². The number of amides is 2. The Kier molecular flexibility index (Phi) is 6.61. The molecule has 1 aliphatic carbocycles. The molecule has 1 aliphatic heterocycles. The fourth-order valence-corrected chi connectivity index (χ4v) is 4.78. The number of nitrogens with two attached hydrogens (primary N) is 1. The van der Waals surface area contributed by atoms with Crippen molar-refractivity contribution in [1.82, 2.24) is 10.3 Å². The van der Waals surface area contributed by atoms with Crippen LogP contribution in [0.15, 0.2) is 30.6 Å². The number of pyridine rings is 1. The van der Waals surface area contributed by atoms with Crippen LogP contribution >= 0.6 is 0 Å². The van der Waals surface area contributed by atoms with Crippen LogP contribution in [0.1, 0.15) is 49.4 Å². The van der Waals surface area contributed by atoms with Crippen molar-refractivity contribution in [2.24, 2.45) is 5.73 Å². The Morgan fingerprint density at radius 1 is 1.11 bits per heavy atom. The van der Waals surface area contributed by atoms with Crippen molar-refractivity contribution < 1.29 is 31.9 Å². The number of anilines is 1. The van der Waals surface area contributed by atoms with Gasteiger partial charge in [0.1, 0.15) is 17.2 Å². The van der Waals surface area contributed by atoms with Crippen molar-refractivity contribution in [2.75, 3.05) is 18.0 Å². The van der Waals surface area contributed by atoms with Crippen LogP contribution in [0.4, 0.5) is 28.0 Å². The first-order valence-electron chi connectivity index (χ1n) is 11.3. The van der Waals surface area contributed by atoms with E-state index in [2.05, 4.69) is 10.3 Å². The van der Waals surface area contributed by atoms with E-state index >= 15 is 0 Å². The number of nitrogens with zero attached hydrogens (tertiary/aromatic N) is 2. The summed E-state index contributed by atoms with van der Waals surface area (Å²) < 4.78 is 60.4. The van der Waals surface area contributed by atoms with E-state index < -0.39 is 41.2 Å². The van der Waals surface area contributed by atoms with Gasteiger partial charge in [0.05, 0.1) is 17.8 Å². The predicted molar refractivity (Wildman–Crippen MR) is 120 cm³/mol. The third kappa shape index (κ3) is 5.66. The number of primary amides is 1. The van der Waals surface area contributed by atoms with Gasteiger partial charge in [-0.2, -0.15) is 0 Å². The van der Waals surface area contributed by atoms with Gasteiger partial charge in [0.2, 0.25) is 5.92 Å². The van der Waals surface area contributed by atoms with Crippen LogP contribution in [0.25, 0.3) is 11.1 Å². The number of halogens is 4. The molecular formula is C24H26F4N4O3. The fourth-order valence-electron chi connectivity index (χ4n) is 4.78. The zero-order valence-corrected chi connectivity index (χ0v) is 19.1. The van der Waals surface area contributed by atoms with Crippen LogP contribution in [0.5, 0.6) is 0 Å². The molecule has 2 fully saturated rings. The molecule has 2 heterocycles. The Hall–Kier alpha value is -3.37. The Balaban J connectivity index is 1.71. The third-order valence-corrected chi connectivity index (χ3v) is 6.49. The lowest BCUT2D eigenvalue weighted by molar-refractivity contribution is -0.0399. The van der Waals surface area contributed by atoms with Crippen molar-refractivity contribution in [2.45, 2.75) is 56.6 Å². The van der Waals surface area contributed by atoms with Gasteiger partial charge < -0.3 is 20.7 Å². The molecular weight excluding hydrogens is 468 g/mol. The minimum Gasteiger partial charge on any atom is -0.441 e. The maximum atomic E-state index is 14.0.